The highest BCUT2D eigenvalue weighted by molar-refractivity contribution is 7.47. The van der Waals surface area contributed by atoms with Crippen LogP contribution >= 0.6 is 7.82 Å². The number of carbonyl (C=O) groups is 1. The summed E-state index contributed by atoms with van der Waals surface area (Å²) in [5, 5.41) is 0. The number of nitrogens with two attached hydrogens (primary N) is 1. The van der Waals surface area contributed by atoms with Crippen LogP contribution in [0.1, 0.15) is 168 Å². The first-order chi connectivity index (χ1) is 27.4. The molecule has 3 N–H and O–H groups in total. The first-order valence-electron chi connectivity index (χ1n) is 22.1. The summed E-state index contributed by atoms with van der Waals surface area (Å²) in [6, 6.07) is 0. The summed E-state index contributed by atoms with van der Waals surface area (Å²) >= 11 is 0. The van der Waals surface area contributed by atoms with Crippen molar-refractivity contribution in [1.29, 1.82) is 0 Å². The van der Waals surface area contributed by atoms with Crippen molar-refractivity contribution >= 4 is 13.8 Å². The van der Waals surface area contributed by atoms with Gasteiger partial charge in [0.05, 0.1) is 19.8 Å². The first kappa shape index (κ1) is 53.7. The van der Waals surface area contributed by atoms with Crippen molar-refractivity contribution in [2.75, 3.05) is 33.0 Å². The summed E-state index contributed by atoms with van der Waals surface area (Å²) in [4.78, 5) is 22.5. The molecule has 0 rings (SSSR count). The van der Waals surface area contributed by atoms with E-state index >= 15 is 0 Å². The Morgan fingerprint density at radius 2 is 0.982 bits per heavy atom. The molecule has 0 saturated heterocycles. The van der Waals surface area contributed by atoms with E-state index in [2.05, 4.69) is 98.9 Å². The predicted octanol–water partition coefficient (Wildman–Crippen LogP) is 13.3. The fourth-order valence-electron chi connectivity index (χ4n) is 5.63. The standard InChI is InChI=1S/C47H82NO7P/c1-3-5-7-9-11-13-15-17-19-20-21-22-23-24-25-26-27-28-30-32-34-36-38-40-47(49)55-46(45-54-56(50,51)53-43-41-48)44-52-42-39-37-35-33-31-29-18-16-14-12-10-8-6-4-2/h5,7,11,13,17,19,21-22,24-25,27-28,32,34,46H,3-4,6,8-10,12,14-16,18,20,23,26,29-31,33,35-45,48H2,1-2H3,(H,50,51)/b7-5-,13-11-,19-17-,22-21-,25-24-,28-27-,34-32-. The lowest BCUT2D eigenvalue weighted by atomic mass is 10.0. The van der Waals surface area contributed by atoms with Gasteiger partial charge in [-0.25, -0.2) is 4.57 Å². The third-order valence-corrected chi connectivity index (χ3v) is 9.81. The van der Waals surface area contributed by atoms with Gasteiger partial charge >= 0.3 is 13.8 Å². The molecule has 0 aliphatic rings. The Labute approximate surface area is 343 Å². The lowest BCUT2D eigenvalue weighted by Gasteiger charge is -2.20. The van der Waals surface area contributed by atoms with E-state index in [1.807, 2.05) is 0 Å². The van der Waals surface area contributed by atoms with Crippen LogP contribution in [0.25, 0.3) is 0 Å². The van der Waals surface area contributed by atoms with Crippen LogP contribution < -0.4 is 5.73 Å². The number of phosphoric acid groups is 1. The Morgan fingerprint density at radius 3 is 1.43 bits per heavy atom. The van der Waals surface area contributed by atoms with Gasteiger partial charge in [-0.3, -0.25) is 13.8 Å². The molecule has 2 unspecified atom stereocenters. The molecular formula is C47H82NO7P. The zero-order valence-electron chi connectivity index (χ0n) is 35.6. The van der Waals surface area contributed by atoms with Gasteiger partial charge in [-0.15, -0.1) is 0 Å². The largest absolute Gasteiger partial charge is 0.472 e. The van der Waals surface area contributed by atoms with E-state index in [0.717, 1.165) is 64.2 Å². The summed E-state index contributed by atoms with van der Waals surface area (Å²) in [6.45, 7) is 4.72. The van der Waals surface area contributed by atoms with E-state index in [0.29, 0.717) is 13.0 Å². The third-order valence-electron chi connectivity index (χ3n) is 8.83. The number of unbranched alkanes of at least 4 members (excludes halogenated alkanes) is 14. The maximum Gasteiger partial charge on any atom is 0.472 e. The Morgan fingerprint density at radius 1 is 0.554 bits per heavy atom. The number of hydrogen-bond acceptors (Lipinski definition) is 7. The van der Waals surface area contributed by atoms with E-state index in [1.165, 1.54) is 77.0 Å². The van der Waals surface area contributed by atoms with Crippen LogP contribution in [0.15, 0.2) is 85.1 Å². The topological polar surface area (TPSA) is 117 Å². The van der Waals surface area contributed by atoms with E-state index in [-0.39, 0.29) is 38.8 Å². The van der Waals surface area contributed by atoms with Crippen LogP contribution in [0.3, 0.4) is 0 Å². The van der Waals surface area contributed by atoms with E-state index in [4.69, 9.17) is 24.3 Å². The summed E-state index contributed by atoms with van der Waals surface area (Å²) in [6.07, 6.45) is 56.1. The average molecular weight is 804 g/mol. The Kier molecular flexibility index (Phi) is 42.0. The zero-order valence-corrected chi connectivity index (χ0v) is 36.5. The van der Waals surface area contributed by atoms with E-state index < -0.39 is 13.9 Å². The molecule has 56 heavy (non-hydrogen) atoms. The Bertz CT molecular complexity index is 1130. The molecule has 322 valence electrons. The highest BCUT2D eigenvalue weighted by atomic mass is 31.2. The monoisotopic (exact) mass is 804 g/mol. The Balaban J connectivity index is 4.16. The SMILES string of the molecule is CC/C=C\C/C=C\C/C=C\C/C=C\C/C=C\C/C=C\C/C=C\CCCC(=O)OC(COCCCCCCCCCCCCCCCC)COP(=O)(O)OCCN. The van der Waals surface area contributed by atoms with Gasteiger partial charge in [0.15, 0.2) is 0 Å². The number of phosphoric ester groups is 1. The number of esters is 1. The van der Waals surface area contributed by atoms with Crippen LogP contribution in [0.2, 0.25) is 0 Å². The minimum Gasteiger partial charge on any atom is -0.457 e. The molecule has 0 aliphatic heterocycles. The minimum absolute atomic E-state index is 0.0878. The molecule has 0 radical (unpaired) electrons. The van der Waals surface area contributed by atoms with Crippen LogP contribution in [0.5, 0.6) is 0 Å². The number of rotatable bonds is 41. The lowest BCUT2D eigenvalue weighted by molar-refractivity contribution is -0.154. The second-order valence-corrected chi connectivity index (χ2v) is 15.6. The van der Waals surface area contributed by atoms with Crippen molar-refractivity contribution in [2.45, 2.75) is 174 Å². The van der Waals surface area contributed by atoms with Crippen molar-refractivity contribution in [3.63, 3.8) is 0 Å². The smallest absolute Gasteiger partial charge is 0.457 e. The third kappa shape index (κ3) is 42.8. The highest BCUT2D eigenvalue weighted by Gasteiger charge is 2.25. The molecule has 2 atom stereocenters. The molecule has 8 nitrogen and oxygen atoms in total. The van der Waals surface area contributed by atoms with Crippen LogP contribution in [0, 0.1) is 0 Å². The fourth-order valence-corrected chi connectivity index (χ4v) is 6.40. The summed E-state index contributed by atoms with van der Waals surface area (Å²) in [5.41, 5.74) is 5.36. The van der Waals surface area contributed by atoms with Crippen molar-refractivity contribution in [3.8, 4) is 0 Å². The van der Waals surface area contributed by atoms with E-state index in [9.17, 15) is 14.3 Å². The molecule has 9 heteroatoms. The molecule has 0 heterocycles. The summed E-state index contributed by atoms with van der Waals surface area (Å²) in [7, 11) is -4.30. The Hall–Kier alpha value is -2.32. The maximum absolute atomic E-state index is 12.6. The molecule has 0 aromatic carbocycles. The zero-order chi connectivity index (χ0) is 40.9. The number of carbonyl (C=O) groups excluding carboxylic acids is 1. The number of ether oxygens (including phenoxy) is 2. The fraction of sp³-hybridized carbons (Fsp3) is 0.681. The number of hydrogen-bond donors (Lipinski definition) is 2. The normalized spacial score (nSPS) is 14.3. The van der Waals surface area contributed by atoms with Gasteiger partial charge in [-0.1, -0.05) is 182 Å². The van der Waals surface area contributed by atoms with Gasteiger partial charge in [0.2, 0.25) is 0 Å². The van der Waals surface area contributed by atoms with Crippen molar-refractivity contribution in [1.82, 2.24) is 0 Å². The van der Waals surface area contributed by atoms with Gasteiger partial charge in [0.1, 0.15) is 6.10 Å². The lowest BCUT2D eigenvalue weighted by Crippen LogP contribution is -2.28. The van der Waals surface area contributed by atoms with E-state index in [1.54, 1.807) is 0 Å². The minimum atomic E-state index is -4.30. The maximum atomic E-state index is 12.6. The first-order valence-corrected chi connectivity index (χ1v) is 23.6. The van der Waals surface area contributed by atoms with Gasteiger partial charge in [0.25, 0.3) is 0 Å². The molecule has 0 fully saturated rings. The van der Waals surface area contributed by atoms with Crippen molar-refractivity contribution in [3.05, 3.63) is 85.1 Å². The van der Waals surface area contributed by atoms with Gasteiger partial charge in [-0.2, -0.15) is 0 Å². The van der Waals surface area contributed by atoms with Crippen LogP contribution in [0.4, 0.5) is 0 Å². The molecule has 0 aliphatic carbocycles. The summed E-state index contributed by atoms with van der Waals surface area (Å²) < 4.78 is 33.4. The molecule has 0 bridgehead atoms. The predicted molar refractivity (Wildman–Crippen MR) is 238 cm³/mol. The van der Waals surface area contributed by atoms with Crippen molar-refractivity contribution < 1.29 is 32.8 Å². The molecular weight excluding hydrogens is 721 g/mol. The van der Waals surface area contributed by atoms with Gasteiger partial charge in [-0.05, 0) is 64.2 Å². The molecule has 0 aromatic heterocycles. The quantitative estimate of drug-likeness (QED) is 0.0272. The highest BCUT2D eigenvalue weighted by Crippen LogP contribution is 2.43. The molecule has 0 amide bonds. The molecule has 0 aromatic rings. The molecule has 0 spiro atoms. The van der Waals surface area contributed by atoms with Crippen molar-refractivity contribution in [2.24, 2.45) is 5.73 Å². The average Bonchev–Trinajstić information content (AvgIpc) is 3.19. The van der Waals surface area contributed by atoms with Crippen LogP contribution in [-0.4, -0.2) is 49.9 Å². The number of allylic oxidation sites excluding steroid dienone is 14. The van der Waals surface area contributed by atoms with Gasteiger partial charge in [0, 0.05) is 19.6 Å². The molecule has 0 saturated carbocycles. The second-order valence-electron chi connectivity index (χ2n) is 14.2. The van der Waals surface area contributed by atoms with Crippen LogP contribution in [-0.2, 0) is 27.9 Å². The second kappa shape index (κ2) is 43.8. The van der Waals surface area contributed by atoms with Gasteiger partial charge < -0.3 is 20.1 Å². The summed E-state index contributed by atoms with van der Waals surface area (Å²) in [5.74, 6) is -0.389.